The van der Waals surface area contributed by atoms with Crippen molar-refractivity contribution in [2.75, 3.05) is 23.9 Å². The second kappa shape index (κ2) is 6.56. The van der Waals surface area contributed by atoms with Gasteiger partial charge in [-0.1, -0.05) is 0 Å². The predicted octanol–water partition coefficient (Wildman–Crippen LogP) is 1.47. The Hall–Kier alpha value is -1.82. The highest BCUT2D eigenvalue weighted by molar-refractivity contribution is 6.18. The van der Waals surface area contributed by atoms with E-state index in [-0.39, 0.29) is 30.2 Å². The highest BCUT2D eigenvalue weighted by Gasteiger charge is 2.31. The Balaban J connectivity index is 1.93. The molecule has 1 aromatic rings. The monoisotopic (exact) mass is 299 g/mol. The van der Waals surface area contributed by atoms with E-state index in [9.17, 15) is 14.0 Å². The summed E-state index contributed by atoms with van der Waals surface area (Å²) in [6.07, 6.45) is 0.228. The molecule has 1 aliphatic rings. The third-order valence-electron chi connectivity index (χ3n) is 2.98. The van der Waals surface area contributed by atoms with Crippen molar-refractivity contribution in [3.8, 4) is 0 Å². The van der Waals surface area contributed by atoms with Gasteiger partial charge in [0.15, 0.2) is 0 Å². The van der Waals surface area contributed by atoms with Crippen LogP contribution in [-0.2, 0) is 4.79 Å². The van der Waals surface area contributed by atoms with E-state index >= 15 is 0 Å². The van der Waals surface area contributed by atoms with E-state index in [0.29, 0.717) is 24.7 Å². The number of nitrogens with zero attached hydrogens (tertiary/aromatic N) is 1. The van der Waals surface area contributed by atoms with Gasteiger partial charge in [0.05, 0.1) is 6.04 Å². The molecule has 1 atom stereocenters. The van der Waals surface area contributed by atoms with Crippen molar-refractivity contribution in [1.29, 1.82) is 0 Å². The van der Waals surface area contributed by atoms with Crippen LogP contribution in [-0.4, -0.2) is 36.9 Å². The van der Waals surface area contributed by atoms with Crippen LogP contribution in [0.4, 0.5) is 14.9 Å². The molecule has 2 N–H and O–H groups in total. The fourth-order valence-electron chi connectivity index (χ4n) is 2.07. The van der Waals surface area contributed by atoms with Gasteiger partial charge in [-0.25, -0.2) is 9.18 Å². The molecule has 1 heterocycles. The van der Waals surface area contributed by atoms with Crippen LogP contribution < -0.4 is 15.5 Å². The Morgan fingerprint density at radius 3 is 2.75 bits per heavy atom. The number of carbonyl (C=O) groups excluding carboxylic acids is 2. The fourth-order valence-corrected chi connectivity index (χ4v) is 2.17. The van der Waals surface area contributed by atoms with Crippen molar-refractivity contribution >= 4 is 29.2 Å². The number of rotatable bonds is 4. The Morgan fingerprint density at radius 2 is 2.10 bits per heavy atom. The summed E-state index contributed by atoms with van der Waals surface area (Å²) >= 11 is 5.47. The Labute approximate surface area is 121 Å². The molecule has 0 radical (unpaired) electrons. The molecule has 0 saturated carbocycles. The minimum Gasteiger partial charge on any atom is -0.337 e. The van der Waals surface area contributed by atoms with E-state index in [2.05, 4.69) is 10.6 Å². The second-order valence-corrected chi connectivity index (χ2v) is 4.85. The normalized spacial score (nSPS) is 18.2. The molecule has 1 unspecified atom stereocenters. The molecule has 1 aliphatic heterocycles. The lowest BCUT2D eigenvalue weighted by Crippen LogP contribution is -2.43. The van der Waals surface area contributed by atoms with Crippen LogP contribution in [0.5, 0.6) is 0 Å². The Morgan fingerprint density at radius 1 is 1.40 bits per heavy atom. The van der Waals surface area contributed by atoms with Gasteiger partial charge < -0.3 is 15.5 Å². The summed E-state index contributed by atoms with van der Waals surface area (Å²) in [5.74, 6) is -0.117. The molecule has 0 bridgehead atoms. The van der Waals surface area contributed by atoms with Crippen LogP contribution in [0.15, 0.2) is 24.3 Å². The molecule has 1 aromatic carbocycles. The average Bonchev–Trinajstić information content (AvgIpc) is 2.78. The highest BCUT2D eigenvalue weighted by Crippen LogP contribution is 2.21. The van der Waals surface area contributed by atoms with Gasteiger partial charge in [-0.05, 0) is 24.3 Å². The number of hydrogen-bond donors (Lipinski definition) is 2. The zero-order chi connectivity index (χ0) is 14.5. The van der Waals surface area contributed by atoms with E-state index in [1.807, 2.05) is 0 Å². The molecule has 5 nitrogen and oxygen atoms in total. The maximum absolute atomic E-state index is 12.9. The molecule has 20 heavy (non-hydrogen) atoms. The Kier molecular flexibility index (Phi) is 4.79. The van der Waals surface area contributed by atoms with E-state index in [1.165, 1.54) is 17.0 Å². The lowest BCUT2D eigenvalue weighted by molar-refractivity contribution is -0.117. The van der Waals surface area contributed by atoms with E-state index < -0.39 is 0 Å². The summed E-state index contributed by atoms with van der Waals surface area (Å²) in [7, 11) is 0. The maximum Gasteiger partial charge on any atom is 0.315 e. The maximum atomic E-state index is 12.9. The van der Waals surface area contributed by atoms with Gasteiger partial charge in [-0.3, -0.25) is 4.79 Å². The smallest absolute Gasteiger partial charge is 0.315 e. The first-order valence-corrected chi connectivity index (χ1v) is 6.80. The lowest BCUT2D eigenvalue weighted by Gasteiger charge is -2.17. The zero-order valence-corrected chi connectivity index (χ0v) is 11.5. The van der Waals surface area contributed by atoms with Gasteiger partial charge in [0.25, 0.3) is 0 Å². The van der Waals surface area contributed by atoms with Gasteiger partial charge in [-0.15, -0.1) is 11.6 Å². The van der Waals surface area contributed by atoms with Gasteiger partial charge >= 0.3 is 6.03 Å². The molecular formula is C13H15ClFN3O2. The largest absolute Gasteiger partial charge is 0.337 e. The first-order chi connectivity index (χ1) is 9.60. The van der Waals surface area contributed by atoms with Gasteiger partial charge in [0.1, 0.15) is 5.82 Å². The number of urea groups is 1. The lowest BCUT2D eigenvalue weighted by atomic mass is 10.2. The number of nitrogens with one attached hydrogen (secondary N) is 2. The van der Waals surface area contributed by atoms with Crippen LogP contribution in [0.3, 0.4) is 0 Å². The molecule has 2 rings (SSSR count). The van der Waals surface area contributed by atoms with Crippen LogP contribution in [0.25, 0.3) is 0 Å². The van der Waals surface area contributed by atoms with Crippen molar-refractivity contribution in [3.05, 3.63) is 30.1 Å². The number of alkyl halides is 1. The van der Waals surface area contributed by atoms with Crippen LogP contribution in [0, 0.1) is 5.82 Å². The van der Waals surface area contributed by atoms with Crippen LogP contribution in [0.1, 0.15) is 6.42 Å². The first-order valence-electron chi connectivity index (χ1n) is 6.26. The van der Waals surface area contributed by atoms with Gasteiger partial charge in [0.2, 0.25) is 5.91 Å². The molecule has 3 amide bonds. The van der Waals surface area contributed by atoms with E-state index in [4.69, 9.17) is 11.6 Å². The third-order valence-corrected chi connectivity index (χ3v) is 3.17. The third kappa shape index (κ3) is 3.60. The summed E-state index contributed by atoms with van der Waals surface area (Å²) in [5, 5.41) is 5.28. The average molecular weight is 300 g/mol. The summed E-state index contributed by atoms with van der Waals surface area (Å²) in [6.45, 7) is 0.745. The van der Waals surface area contributed by atoms with Crippen molar-refractivity contribution in [2.45, 2.75) is 12.5 Å². The molecule has 7 heteroatoms. The van der Waals surface area contributed by atoms with Gasteiger partial charge in [-0.2, -0.15) is 0 Å². The summed E-state index contributed by atoms with van der Waals surface area (Å²) < 4.78 is 12.9. The number of halogens is 2. The molecular weight excluding hydrogens is 285 g/mol. The standard InChI is InChI=1S/C13H15ClFN3O2/c14-5-6-16-13(20)17-10-7-12(19)18(8-10)11-3-1-9(15)2-4-11/h1-4,10H,5-8H2,(H2,16,17,20). The van der Waals surface area contributed by atoms with Crippen molar-refractivity contribution < 1.29 is 14.0 Å². The van der Waals surface area contributed by atoms with Crippen molar-refractivity contribution in [1.82, 2.24) is 10.6 Å². The summed E-state index contributed by atoms with van der Waals surface area (Å²) in [5.41, 5.74) is 0.627. The number of carbonyl (C=O) groups is 2. The van der Waals surface area contributed by atoms with E-state index in [0.717, 1.165) is 0 Å². The van der Waals surface area contributed by atoms with Crippen molar-refractivity contribution in [3.63, 3.8) is 0 Å². The molecule has 0 aromatic heterocycles. The number of anilines is 1. The predicted molar refractivity (Wildman–Crippen MR) is 74.4 cm³/mol. The van der Waals surface area contributed by atoms with Gasteiger partial charge in [0, 0.05) is 31.1 Å². The fraction of sp³-hybridized carbons (Fsp3) is 0.385. The zero-order valence-electron chi connectivity index (χ0n) is 10.7. The molecule has 1 fully saturated rings. The number of hydrogen-bond acceptors (Lipinski definition) is 2. The van der Waals surface area contributed by atoms with Crippen LogP contribution >= 0.6 is 11.6 Å². The topological polar surface area (TPSA) is 61.4 Å². The van der Waals surface area contributed by atoms with Crippen molar-refractivity contribution in [2.24, 2.45) is 0 Å². The highest BCUT2D eigenvalue weighted by atomic mass is 35.5. The SMILES string of the molecule is O=C(NCCCl)NC1CC(=O)N(c2ccc(F)cc2)C1. The second-order valence-electron chi connectivity index (χ2n) is 4.47. The summed E-state index contributed by atoms with van der Waals surface area (Å²) in [4.78, 5) is 24.9. The quantitative estimate of drug-likeness (QED) is 0.827. The molecule has 108 valence electrons. The molecule has 0 spiro atoms. The Bertz CT molecular complexity index is 495. The minimum absolute atomic E-state index is 0.0979. The first kappa shape index (κ1) is 14.6. The minimum atomic E-state index is -0.351. The molecule has 0 aliphatic carbocycles. The summed E-state index contributed by atoms with van der Waals surface area (Å²) in [6, 6.07) is 5.09. The molecule has 1 saturated heterocycles. The number of amides is 3. The van der Waals surface area contributed by atoms with Crippen LogP contribution in [0.2, 0.25) is 0 Å². The van der Waals surface area contributed by atoms with E-state index in [1.54, 1.807) is 12.1 Å². The number of benzene rings is 1.